The number of nitrogens with one attached hydrogen (secondary N) is 2. The lowest BCUT2D eigenvalue weighted by molar-refractivity contribution is 0.116. The summed E-state index contributed by atoms with van der Waals surface area (Å²) in [6, 6.07) is 12.7. The molecule has 10 nitrogen and oxygen atoms in total. The van der Waals surface area contributed by atoms with Gasteiger partial charge < -0.3 is 14.7 Å². The van der Waals surface area contributed by atoms with Crippen LogP contribution in [0.2, 0.25) is 5.02 Å². The van der Waals surface area contributed by atoms with Gasteiger partial charge in [-0.3, -0.25) is 0 Å². The number of aromatic nitrogens is 8. The fraction of sp³-hybridized carbons (Fsp3) is 0.217. The zero-order valence-corrected chi connectivity index (χ0v) is 19.4. The number of hydrogen-bond donors (Lipinski definition) is 2. The van der Waals surface area contributed by atoms with Gasteiger partial charge in [0, 0.05) is 41.2 Å². The predicted molar refractivity (Wildman–Crippen MR) is 125 cm³/mol. The zero-order valence-electron chi connectivity index (χ0n) is 18.6. The summed E-state index contributed by atoms with van der Waals surface area (Å²) in [7, 11) is 0. The molecule has 0 saturated heterocycles. The highest BCUT2D eigenvalue weighted by Crippen LogP contribution is 2.28. The van der Waals surface area contributed by atoms with E-state index in [4.69, 9.17) is 21.0 Å². The molecule has 0 amide bonds. The van der Waals surface area contributed by atoms with E-state index in [1.165, 1.54) is 4.80 Å². The van der Waals surface area contributed by atoms with Crippen molar-refractivity contribution in [1.29, 1.82) is 0 Å². The van der Waals surface area contributed by atoms with Crippen molar-refractivity contribution in [3.63, 3.8) is 0 Å². The molecule has 0 aliphatic carbocycles. The number of fused-ring (bicyclic) bond motifs is 1. The van der Waals surface area contributed by atoms with Crippen LogP contribution in [0.3, 0.4) is 0 Å². The number of tetrazole rings is 1. The van der Waals surface area contributed by atoms with E-state index in [1.54, 1.807) is 18.2 Å². The molecule has 0 radical (unpaired) electrons. The van der Waals surface area contributed by atoms with Crippen molar-refractivity contribution in [2.24, 2.45) is 0 Å². The lowest BCUT2D eigenvalue weighted by Gasteiger charge is -2.09. The van der Waals surface area contributed by atoms with Crippen molar-refractivity contribution in [1.82, 2.24) is 45.7 Å². The Kier molecular flexibility index (Phi) is 5.74. The number of imidazole rings is 1. The van der Waals surface area contributed by atoms with Gasteiger partial charge in [0.1, 0.15) is 5.82 Å². The normalized spacial score (nSPS) is 13.3. The fourth-order valence-electron chi connectivity index (χ4n) is 3.99. The molecule has 2 aromatic carbocycles. The number of nitrogens with zero attached hydrogens (tertiary/aromatic N) is 7. The van der Waals surface area contributed by atoms with Crippen molar-refractivity contribution in [2.75, 3.05) is 6.54 Å². The maximum Gasteiger partial charge on any atom is 0.314 e. The first-order valence-electron chi connectivity index (χ1n) is 11.1. The average molecular weight is 510 g/mol. The maximum atomic E-state index is 12.7. The number of benzene rings is 2. The first-order valence-corrected chi connectivity index (χ1v) is 11.5. The summed E-state index contributed by atoms with van der Waals surface area (Å²) in [5.41, 5.74) is 5.09. The van der Waals surface area contributed by atoms with Crippen molar-refractivity contribution < 1.29 is 13.2 Å². The van der Waals surface area contributed by atoms with E-state index in [0.717, 1.165) is 47.8 Å². The molecule has 3 aromatic heterocycles. The number of rotatable bonds is 6. The van der Waals surface area contributed by atoms with Crippen LogP contribution in [-0.4, -0.2) is 46.9 Å². The van der Waals surface area contributed by atoms with E-state index in [2.05, 4.69) is 35.9 Å². The highest BCUT2D eigenvalue weighted by Gasteiger charge is 2.18. The molecule has 0 bridgehead atoms. The summed E-state index contributed by atoms with van der Waals surface area (Å²) in [5.74, 6) is 0.505. The molecule has 0 atom stereocenters. The van der Waals surface area contributed by atoms with Crippen molar-refractivity contribution in [3.05, 3.63) is 70.3 Å². The molecule has 4 heterocycles. The third-order valence-corrected chi connectivity index (χ3v) is 6.14. The Bertz CT molecular complexity index is 1520. The third kappa shape index (κ3) is 4.36. The smallest absolute Gasteiger partial charge is 0.314 e. The SMILES string of the molecule is FC(F)c1nnc(-c2ccc(Cn3nnc(-c4cccc(-c5nc6c([nH]5)CNCC6)c4)n3)c(Cl)c2)o1. The minimum atomic E-state index is -2.84. The first kappa shape index (κ1) is 22.4. The molecule has 36 heavy (non-hydrogen) atoms. The van der Waals surface area contributed by atoms with Gasteiger partial charge in [0.25, 0.3) is 5.89 Å². The topological polar surface area (TPSA) is 123 Å². The van der Waals surface area contributed by atoms with E-state index < -0.39 is 12.3 Å². The fourth-order valence-corrected chi connectivity index (χ4v) is 4.23. The van der Waals surface area contributed by atoms with Crippen LogP contribution in [0.4, 0.5) is 8.78 Å². The van der Waals surface area contributed by atoms with Crippen LogP contribution in [-0.2, 0) is 19.5 Å². The second-order valence-electron chi connectivity index (χ2n) is 8.21. The van der Waals surface area contributed by atoms with Gasteiger partial charge in [-0.2, -0.15) is 13.6 Å². The minimum absolute atomic E-state index is 0.0338. The Hall–Kier alpha value is -4.03. The Morgan fingerprint density at radius 1 is 1.06 bits per heavy atom. The maximum absolute atomic E-state index is 12.7. The number of hydrogen-bond acceptors (Lipinski definition) is 8. The summed E-state index contributed by atoms with van der Waals surface area (Å²) >= 11 is 6.41. The van der Waals surface area contributed by atoms with Crippen LogP contribution >= 0.6 is 11.6 Å². The summed E-state index contributed by atoms with van der Waals surface area (Å²) in [4.78, 5) is 9.57. The van der Waals surface area contributed by atoms with Gasteiger partial charge in [-0.1, -0.05) is 35.9 Å². The van der Waals surface area contributed by atoms with Crippen LogP contribution in [0.1, 0.15) is 29.3 Å². The molecular weight excluding hydrogens is 492 g/mol. The summed E-state index contributed by atoms with van der Waals surface area (Å²) in [6.45, 7) is 1.97. The summed E-state index contributed by atoms with van der Waals surface area (Å²) < 4.78 is 30.4. The second kappa shape index (κ2) is 9.21. The Morgan fingerprint density at radius 2 is 1.94 bits per heavy atom. The average Bonchev–Trinajstić information content (AvgIpc) is 3.65. The van der Waals surface area contributed by atoms with Crippen LogP contribution in [0.15, 0.2) is 46.9 Å². The lowest BCUT2D eigenvalue weighted by atomic mass is 10.1. The van der Waals surface area contributed by atoms with Gasteiger partial charge in [-0.25, -0.2) is 4.98 Å². The highest BCUT2D eigenvalue weighted by atomic mass is 35.5. The van der Waals surface area contributed by atoms with Crippen LogP contribution < -0.4 is 5.32 Å². The summed E-state index contributed by atoms with van der Waals surface area (Å²) in [6.07, 6.45) is -1.94. The van der Waals surface area contributed by atoms with Gasteiger partial charge in [0.15, 0.2) is 0 Å². The molecule has 0 fully saturated rings. The van der Waals surface area contributed by atoms with Gasteiger partial charge in [0.05, 0.1) is 17.9 Å². The number of aromatic amines is 1. The summed E-state index contributed by atoms with van der Waals surface area (Å²) in [5, 5.41) is 23.5. The van der Waals surface area contributed by atoms with Crippen LogP contribution in [0.25, 0.3) is 34.2 Å². The molecule has 1 aliphatic heterocycles. The second-order valence-corrected chi connectivity index (χ2v) is 8.62. The van der Waals surface area contributed by atoms with Gasteiger partial charge in [-0.15, -0.1) is 20.4 Å². The Balaban J connectivity index is 1.20. The quantitative estimate of drug-likeness (QED) is 0.351. The van der Waals surface area contributed by atoms with Crippen molar-refractivity contribution in [2.45, 2.75) is 25.9 Å². The number of alkyl halides is 2. The third-order valence-electron chi connectivity index (χ3n) is 5.79. The molecule has 1 aliphatic rings. The van der Waals surface area contributed by atoms with Crippen LogP contribution in [0, 0.1) is 0 Å². The zero-order chi connectivity index (χ0) is 24.6. The molecule has 0 spiro atoms. The standard InChI is InChI=1S/C23H18ClF2N9O/c24-16-9-14(22-31-32-23(36-22)19(25)26)4-5-15(16)11-35-33-21(30-34-35)13-3-1-2-12(8-13)20-28-17-6-7-27-10-18(17)29-20/h1-5,8-9,19,27H,6-7,10-11H2,(H,28,29). The molecule has 0 unspecified atom stereocenters. The number of H-pyrrole nitrogens is 1. The number of halogens is 3. The van der Waals surface area contributed by atoms with E-state index >= 15 is 0 Å². The first-order chi connectivity index (χ1) is 17.5. The molecule has 2 N–H and O–H groups in total. The van der Waals surface area contributed by atoms with Gasteiger partial charge in [0.2, 0.25) is 11.7 Å². The molecular formula is C23H18ClF2N9O. The minimum Gasteiger partial charge on any atom is -0.415 e. The van der Waals surface area contributed by atoms with Gasteiger partial charge in [-0.05, 0) is 29.0 Å². The molecule has 0 saturated carbocycles. The van der Waals surface area contributed by atoms with E-state index in [1.807, 2.05) is 24.3 Å². The molecule has 5 aromatic rings. The molecule has 13 heteroatoms. The Morgan fingerprint density at radius 3 is 2.75 bits per heavy atom. The molecule has 182 valence electrons. The van der Waals surface area contributed by atoms with Crippen molar-refractivity contribution in [3.8, 4) is 34.2 Å². The van der Waals surface area contributed by atoms with E-state index in [9.17, 15) is 8.78 Å². The lowest BCUT2D eigenvalue weighted by Crippen LogP contribution is -2.23. The monoisotopic (exact) mass is 509 g/mol. The largest absolute Gasteiger partial charge is 0.415 e. The highest BCUT2D eigenvalue weighted by molar-refractivity contribution is 6.31. The van der Waals surface area contributed by atoms with E-state index in [0.29, 0.717) is 22.0 Å². The molecule has 6 rings (SSSR count). The van der Waals surface area contributed by atoms with Crippen molar-refractivity contribution >= 4 is 11.6 Å². The predicted octanol–water partition coefficient (Wildman–Crippen LogP) is 4.07. The Labute approximate surface area is 207 Å². The van der Waals surface area contributed by atoms with Crippen LogP contribution in [0.5, 0.6) is 0 Å². The van der Waals surface area contributed by atoms with Gasteiger partial charge >= 0.3 is 6.43 Å². The van der Waals surface area contributed by atoms with E-state index in [-0.39, 0.29) is 12.4 Å².